The molecule has 55 heavy (non-hydrogen) atoms. The van der Waals surface area contributed by atoms with Gasteiger partial charge in [0, 0.05) is 23.9 Å². The van der Waals surface area contributed by atoms with Gasteiger partial charge in [0.2, 0.25) is 27.7 Å². The van der Waals surface area contributed by atoms with Crippen LogP contribution in [0.1, 0.15) is 128 Å². The SMILES string of the molecule is C=C[C@@H]1C[C@]1(CC(=O)[C@@H]1C[C@@]2(CN1C(=O)[C@@H](NC(=O)[C@@H](NC(=O)c1ccccc1)C1CCCCC1)C(C)(C)C)C(C)(C)C21CCC1)C(=O)NS(=O)(=O)C1CC1. The van der Waals surface area contributed by atoms with E-state index in [0.29, 0.717) is 37.8 Å². The molecule has 1 saturated heterocycles. The molecule has 300 valence electrons. The Morgan fingerprint density at radius 1 is 0.909 bits per heavy atom. The molecule has 11 nitrogen and oxygen atoms in total. The lowest BCUT2D eigenvalue weighted by Gasteiger charge is -2.38. The quantitative estimate of drug-likeness (QED) is 0.225. The van der Waals surface area contributed by atoms with Crippen molar-refractivity contribution >= 4 is 39.4 Å². The normalized spacial score (nSPS) is 30.5. The largest absolute Gasteiger partial charge is 0.342 e. The lowest BCUT2D eigenvalue weighted by molar-refractivity contribution is -0.144. The van der Waals surface area contributed by atoms with Crippen LogP contribution in [0, 0.1) is 38.9 Å². The number of sulfonamides is 1. The number of likely N-dealkylation sites (tertiary alicyclic amines) is 1. The zero-order chi connectivity index (χ0) is 39.8. The van der Waals surface area contributed by atoms with Gasteiger partial charge in [-0.15, -0.1) is 6.58 Å². The number of amides is 4. The maximum atomic E-state index is 15.1. The standard InChI is InChI=1S/C43H60N4O7S/c1-7-29-23-41(29,38(52)46-55(53,54)30-19-20-30)25-32(48)31-24-43(40(5,6)42(43)21-14-22-42)26-47(31)37(51)34(39(2,3)4)45-36(50)33(27-15-10-8-11-16-27)44-35(49)28-17-12-9-13-18-28/h7,9,12-13,17-18,27,29-31,33-34H,1,8,10-11,14-16,19-26H2,2-6H3,(H,44,49)(H,45,50)(H,46,52)/t29-,31+,33+,34-,41-,43-/m1/s1. The predicted molar refractivity (Wildman–Crippen MR) is 209 cm³/mol. The highest BCUT2D eigenvalue weighted by Gasteiger charge is 2.85. The number of nitrogens with one attached hydrogen (secondary N) is 3. The van der Waals surface area contributed by atoms with Crippen LogP contribution < -0.4 is 15.4 Å². The lowest BCUT2D eigenvalue weighted by atomic mass is 9.73. The molecule has 1 aliphatic heterocycles. The van der Waals surface area contributed by atoms with E-state index in [0.717, 1.165) is 51.4 Å². The fourth-order valence-electron chi connectivity index (χ4n) is 11.2. The van der Waals surface area contributed by atoms with E-state index >= 15 is 4.79 Å². The molecular formula is C43H60N4O7S. The van der Waals surface area contributed by atoms with E-state index in [2.05, 4.69) is 35.8 Å². The van der Waals surface area contributed by atoms with Crippen molar-refractivity contribution in [3.05, 3.63) is 48.6 Å². The van der Waals surface area contributed by atoms with Crippen molar-refractivity contribution in [1.29, 1.82) is 0 Å². The second-order valence-corrected chi connectivity index (χ2v) is 21.3. The third-order valence-corrected chi connectivity index (χ3v) is 17.0. The van der Waals surface area contributed by atoms with E-state index in [1.807, 2.05) is 26.8 Å². The van der Waals surface area contributed by atoms with Crippen molar-refractivity contribution in [1.82, 2.24) is 20.3 Å². The molecule has 0 bridgehead atoms. The molecule has 6 atom stereocenters. The number of Topliss-reactive ketones (excluding diaryl/α,β-unsaturated/α-hetero) is 1. The van der Waals surface area contributed by atoms with Gasteiger partial charge in [0.25, 0.3) is 5.91 Å². The molecule has 1 aromatic carbocycles. The van der Waals surface area contributed by atoms with Crippen molar-refractivity contribution in [2.75, 3.05) is 6.54 Å². The third kappa shape index (κ3) is 6.65. The van der Waals surface area contributed by atoms with Crippen molar-refractivity contribution in [2.24, 2.45) is 38.9 Å². The first-order chi connectivity index (χ1) is 25.8. The Kier molecular flexibility index (Phi) is 9.98. The minimum atomic E-state index is -3.83. The van der Waals surface area contributed by atoms with Crippen LogP contribution in [0.5, 0.6) is 0 Å². The highest BCUT2D eigenvalue weighted by Crippen LogP contribution is 2.88. The first-order valence-electron chi connectivity index (χ1n) is 20.5. The summed E-state index contributed by atoms with van der Waals surface area (Å²) in [5.41, 5.74) is -1.94. The summed E-state index contributed by atoms with van der Waals surface area (Å²) in [5, 5.41) is 5.53. The van der Waals surface area contributed by atoms with Crippen LogP contribution in [0.2, 0.25) is 0 Å². The summed E-state index contributed by atoms with van der Waals surface area (Å²) >= 11 is 0. The second kappa shape index (κ2) is 13.8. The number of benzene rings is 1. The number of hydrogen-bond donors (Lipinski definition) is 3. The number of carbonyl (C=O) groups excluding carboxylic acids is 5. The smallest absolute Gasteiger partial charge is 0.251 e. The Labute approximate surface area is 326 Å². The predicted octanol–water partition coefficient (Wildman–Crippen LogP) is 5.45. The van der Waals surface area contributed by atoms with Gasteiger partial charge >= 0.3 is 0 Å². The molecule has 5 saturated carbocycles. The van der Waals surface area contributed by atoms with Crippen molar-refractivity contribution in [3.63, 3.8) is 0 Å². The summed E-state index contributed by atoms with van der Waals surface area (Å²) in [4.78, 5) is 73.1. The van der Waals surface area contributed by atoms with Crippen LogP contribution in [0.3, 0.4) is 0 Å². The van der Waals surface area contributed by atoms with Gasteiger partial charge in [-0.2, -0.15) is 0 Å². The fourth-order valence-corrected chi connectivity index (χ4v) is 12.5. The number of fused-ring (bicyclic) bond motifs is 1. The van der Waals surface area contributed by atoms with Crippen LogP contribution in [-0.2, 0) is 29.2 Å². The molecule has 0 radical (unpaired) electrons. The van der Waals surface area contributed by atoms with Crippen LogP contribution in [0.4, 0.5) is 0 Å². The van der Waals surface area contributed by atoms with Crippen LogP contribution in [-0.4, -0.2) is 72.6 Å². The minimum absolute atomic E-state index is 0.0124. The zero-order valence-electron chi connectivity index (χ0n) is 33.2. The summed E-state index contributed by atoms with van der Waals surface area (Å²) in [6.07, 6.45) is 10.9. The number of hydrogen-bond acceptors (Lipinski definition) is 7. The fraction of sp³-hybridized carbons (Fsp3) is 0.698. The summed E-state index contributed by atoms with van der Waals surface area (Å²) < 4.78 is 27.9. The van der Waals surface area contributed by atoms with E-state index in [9.17, 15) is 27.6 Å². The molecule has 1 aromatic rings. The molecular weight excluding hydrogens is 717 g/mol. The Morgan fingerprint density at radius 3 is 2.09 bits per heavy atom. The van der Waals surface area contributed by atoms with Crippen molar-refractivity contribution in [3.8, 4) is 0 Å². The molecule has 6 aliphatic rings. The summed E-state index contributed by atoms with van der Waals surface area (Å²) in [7, 11) is -3.83. The van der Waals surface area contributed by atoms with E-state index in [1.165, 1.54) is 0 Å². The van der Waals surface area contributed by atoms with Crippen LogP contribution in [0.25, 0.3) is 0 Å². The van der Waals surface area contributed by atoms with Crippen molar-refractivity contribution < 1.29 is 32.4 Å². The molecule has 0 unspecified atom stereocenters. The van der Waals surface area contributed by atoms with E-state index in [-0.39, 0.29) is 52.1 Å². The van der Waals surface area contributed by atoms with E-state index < -0.39 is 56.0 Å². The van der Waals surface area contributed by atoms with Gasteiger partial charge in [-0.05, 0) is 91.6 Å². The van der Waals surface area contributed by atoms with Crippen molar-refractivity contribution in [2.45, 2.75) is 141 Å². The maximum Gasteiger partial charge on any atom is 0.251 e. The first kappa shape index (κ1) is 39.7. The highest BCUT2D eigenvalue weighted by atomic mass is 32.2. The van der Waals surface area contributed by atoms with E-state index in [4.69, 9.17) is 0 Å². The molecule has 7 rings (SSSR count). The Balaban J connectivity index is 1.16. The Morgan fingerprint density at radius 2 is 1.56 bits per heavy atom. The van der Waals surface area contributed by atoms with Gasteiger partial charge in [-0.25, -0.2) is 8.42 Å². The van der Waals surface area contributed by atoms with E-state index in [1.54, 1.807) is 35.2 Å². The zero-order valence-corrected chi connectivity index (χ0v) is 34.1. The maximum absolute atomic E-state index is 15.1. The molecule has 1 heterocycles. The minimum Gasteiger partial charge on any atom is -0.342 e. The lowest BCUT2D eigenvalue weighted by Crippen LogP contribution is -2.61. The summed E-state index contributed by atoms with van der Waals surface area (Å²) in [6.45, 7) is 14.4. The monoisotopic (exact) mass is 776 g/mol. The van der Waals surface area contributed by atoms with Gasteiger partial charge in [0.05, 0.1) is 16.7 Å². The summed E-state index contributed by atoms with van der Waals surface area (Å²) in [5.74, 6) is -2.49. The highest BCUT2D eigenvalue weighted by molar-refractivity contribution is 7.90. The van der Waals surface area contributed by atoms with Gasteiger partial charge in [-0.3, -0.25) is 28.7 Å². The van der Waals surface area contributed by atoms with Gasteiger partial charge in [0.1, 0.15) is 12.1 Å². The molecule has 4 amide bonds. The molecule has 2 spiro atoms. The van der Waals surface area contributed by atoms with Crippen LogP contribution >= 0.6 is 0 Å². The number of nitrogens with zero attached hydrogens (tertiary/aromatic N) is 1. The number of rotatable bonds is 13. The number of ketones is 1. The van der Waals surface area contributed by atoms with Gasteiger partial charge in [-0.1, -0.05) is 84.6 Å². The Hall–Kier alpha value is -3.54. The molecule has 6 fully saturated rings. The molecule has 12 heteroatoms. The van der Waals surface area contributed by atoms with Gasteiger partial charge < -0.3 is 15.5 Å². The Bertz CT molecular complexity index is 1860. The van der Waals surface area contributed by atoms with Gasteiger partial charge in [0.15, 0.2) is 5.78 Å². The first-order valence-corrected chi connectivity index (χ1v) is 22.1. The number of carbonyl (C=O) groups is 5. The average molecular weight is 777 g/mol. The second-order valence-electron chi connectivity index (χ2n) is 19.4. The summed E-state index contributed by atoms with van der Waals surface area (Å²) in [6, 6.07) is 6.11. The molecule has 3 N–H and O–H groups in total. The average Bonchev–Trinajstić information content (AvgIpc) is 4.07. The number of allylic oxidation sites excluding steroid dienone is 1. The third-order valence-electron chi connectivity index (χ3n) is 15.2. The topological polar surface area (TPSA) is 159 Å². The molecule has 0 aromatic heterocycles. The molecule has 5 aliphatic carbocycles. The van der Waals surface area contributed by atoms with Crippen LogP contribution in [0.15, 0.2) is 43.0 Å².